The summed E-state index contributed by atoms with van der Waals surface area (Å²) < 4.78 is 27.4. The first kappa shape index (κ1) is 14.4. The molecular weight excluding hydrogens is 284 g/mol. The van der Waals surface area contributed by atoms with Gasteiger partial charge in [-0.15, -0.1) is 11.3 Å². The number of halogens is 2. The molecule has 0 spiro atoms. The molecule has 0 aliphatic heterocycles. The number of amides is 1. The van der Waals surface area contributed by atoms with Crippen LogP contribution in [0.3, 0.4) is 0 Å². The topological polar surface area (TPSA) is 54.0 Å². The highest BCUT2D eigenvalue weighted by atomic mass is 32.1. The Bertz CT molecular complexity index is 619. The van der Waals surface area contributed by atoms with Gasteiger partial charge in [0.15, 0.2) is 5.13 Å². The van der Waals surface area contributed by atoms with Crippen molar-refractivity contribution < 1.29 is 13.6 Å². The number of hydrogen-bond donors (Lipinski definition) is 2. The number of nitrogens with zero attached hydrogens (tertiary/aromatic N) is 1. The van der Waals surface area contributed by atoms with Gasteiger partial charge in [0.1, 0.15) is 17.3 Å². The monoisotopic (exact) mass is 297 g/mol. The molecule has 20 heavy (non-hydrogen) atoms. The number of hydrogen-bond acceptors (Lipinski definition) is 4. The summed E-state index contributed by atoms with van der Waals surface area (Å²) in [6.07, 6.45) is 0. The van der Waals surface area contributed by atoms with E-state index in [2.05, 4.69) is 15.6 Å². The molecule has 1 aromatic heterocycles. The number of carbonyl (C=O) groups excluding carboxylic acids is 1. The van der Waals surface area contributed by atoms with Gasteiger partial charge in [-0.1, -0.05) is 0 Å². The summed E-state index contributed by atoms with van der Waals surface area (Å²) in [6, 6.07) is 1.99. The quantitative estimate of drug-likeness (QED) is 0.909. The molecule has 0 bridgehead atoms. The maximum absolute atomic E-state index is 13.7. The minimum Gasteiger partial charge on any atom is -0.381 e. The molecule has 2 aromatic rings. The standard InChI is InChI=1S/C13H13F2N3OS/c1-3-16-11-9(14)4-8(5-10(11)15)12(19)18-13-17-7(2)6-20-13/h4-6,16H,3H2,1-2H3,(H,17,18,19). The van der Waals surface area contributed by atoms with E-state index >= 15 is 0 Å². The first-order valence-corrected chi connectivity index (χ1v) is 6.85. The lowest BCUT2D eigenvalue weighted by molar-refractivity contribution is 0.102. The Balaban J connectivity index is 2.22. The molecule has 0 radical (unpaired) electrons. The molecular formula is C13H13F2N3OS. The fourth-order valence-corrected chi connectivity index (χ4v) is 2.31. The van der Waals surface area contributed by atoms with Gasteiger partial charge in [-0.25, -0.2) is 13.8 Å². The predicted molar refractivity (Wildman–Crippen MR) is 75.3 cm³/mol. The van der Waals surface area contributed by atoms with E-state index < -0.39 is 17.5 Å². The fourth-order valence-electron chi connectivity index (χ4n) is 1.63. The molecule has 0 unspecified atom stereocenters. The van der Waals surface area contributed by atoms with Crippen LogP contribution in [-0.4, -0.2) is 17.4 Å². The highest BCUT2D eigenvalue weighted by Crippen LogP contribution is 2.22. The molecule has 1 amide bonds. The van der Waals surface area contributed by atoms with E-state index in [0.29, 0.717) is 11.7 Å². The average molecular weight is 297 g/mol. The van der Waals surface area contributed by atoms with E-state index in [4.69, 9.17) is 0 Å². The zero-order chi connectivity index (χ0) is 14.7. The smallest absolute Gasteiger partial charge is 0.257 e. The van der Waals surface area contributed by atoms with E-state index in [-0.39, 0.29) is 11.3 Å². The van der Waals surface area contributed by atoms with Crippen molar-refractivity contribution in [2.75, 3.05) is 17.2 Å². The van der Waals surface area contributed by atoms with E-state index in [9.17, 15) is 13.6 Å². The van der Waals surface area contributed by atoms with Gasteiger partial charge >= 0.3 is 0 Å². The van der Waals surface area contributed by atoms with Crippen LogP contribution in [0.25, 0.3) is 0 Å². The van der Waals surface area contributed by atoms with Crippen molar-refractivity contribution in [3.63, 3.8) is 0 Å². The molecule has 0 atom stereocenters. The van der Waals surface area contributed by atoms with Crippen LogP contribution < -0.4 is 10.6 Å². The first-order valence-electron chi connectivity index (χ1n) is 5.97. The van der Waals surface area contributed by atoms with Gasteiger partial charge in [0.25, 0.3) is 5.91 Å². The molecule has 2 N–H and O–H groups in total. The van der Waals surface area contributed by atoms with E-state index in [1.54, 1.807) is 19.2 Å². The van der Waals surface area contributed by atoms with Crippen LogP contribution in [-0.2, 0) is 0 Å². The second-order valence-electron chi connectivity index (χ2n) is 4.09. The summed E-state index contributed by atoms with van der Waals surface area (Å²) in [7, 11) is 0. The van der Waals surface area contributed by atoms with Crippen LogP contribution in [0.2, 0.25) is 0 Å². The molecule has 0 fully saturated rings. The van der Waals surface area contributed by atoms with Gasteiger partial charge in [-0.05, 0) is 26.0 Å². The Morgan fingerprint density at radius 2 is 2.00 bits per heavy atom. The third-order valence-electron chi connectivity index (χ3n) is 2.50. The molecule has 2 rings (SSSR count). The van der Waals surface area contributed by atoms with Crippen LogP contribution in [0.5, 0.6) is 0 Å². The van der Waals surface area contributed by atoms with Gasteiger partial charge in [0.2, 0.25) is 0 Å². The Labute approximate surface area is 118 Å². The van der Waals surface area contributed by atoms with Gasteiger partial charge in [-0.3, -0.25) is 10.1 Å². The van der Waals surface area contributed by atoms with E-state index in [1.807, 2.05) is 0 Å². The van der Waals surface area contributed by atoms with Crippen molar-refractivity contribution >= 4 is 28.1 Å². The largest absolute Gasteiger partial charge is 0.381 e. The van der Waals surface area contributed by atoms with Crippen LogP contribution in [0, 0.1) is 18.6 Å². The molecule has 0 aliphatic carbocycles. The number of aromatic nitrogens is 1. The third kappa shape index (κ3) is 3.11. The number of benzene rings is 1. The maximum atomic E-state index is 13.7. The summed E-state index contributed by atoms with van der Waals surface area (Å²) in [6.45, 7) is 3.90. The van der Waals surface area contributed by atoms with Crippen molar-refractivity contribution in [2.24, 2.45) is 0 Å². The maximum Gasteiger partial charge on any atom is 0.257 e. The lowest BCUT2D eigenvalue weighted by Crippen LogP contribution is -2.13. The van der Waals surface area contributed by atoms with Crippen molar-refractivity contribution in [3.05, 3.63) is 40.4 Å². The lowest BCUT2D eigenvalue weighted by atomic mass is 10.1. The lowest BCUT2D eigenvalue weighted by Gasteiger charge is -2.08. The Hall–Kier alpha value is -2.02. The Morgan fingerprint density at radius 3 is 2.50 bits per heavy atom. The third-order valence-corrected chi connectivity index (χ3v) is 3.37. The Morgan fingerprint density at radius 1 is 1.35 bits per heavy atom. The van der Waals surface area contributed by atoms with Crippen LogP contribution in [0.15, 0.2) is 17.5 Å². The van der Waals surface area contributed by atoms with E-state index in [0.717, 1.165) is 17.8 Å². The molecule has 0 aliphatic rings. The highest BCUT2D eigenvalue weighted by Gasteiger charge is 2.15. The number of rotatable bonds is 4. The Kier molecular flexibility index (Phi) is 4.29. The van der Waals surface area contributed by atoms with Crippen molar-refractivity contribution in [1.82, 2.24) is 4.98 Å². The number of nitrogens with one attached hydrogen (secondary N) is 2. The second-order valence-corrected chi connectivity index (χ2v) is 4.95. The molecule has 1 heterocycles. The molecule has 106 valence electrons. The van der Waals surface area contributed by atoms with Crippen molar-refractivity contribution in [1.29, 1.82) is 0 Å². The SMILES string of the molecule is CCNc1c(F)cc(C(=O)Nc2nc(C)cs2)cc1F. The molecule has 0 saturated heterocycles. The van der Waals surface area contributed by atoms with Gasteiger partial charge in [0.05, 0.1) is 5.69 Å². The number of carbonyl (C=O) groups is 1. The predicted octanol–water partition coefficient (Wildman–Crippen LogP) is 3.41. The van der Waals surface area contributed by atoms with Crippen LogP contribution in [0.4, 0.5) is 19.6 Å². The molecule has 4 nitrogen and oxygen atoms in total. The van der Waals surface area contributed by atoms with Gasteiger partial charge in [0, 0.05) is 17.5 Å². The number of thiazole rings is 1. The molecule has 0 saturated carbocycles. The second kappa shape index (κ2) is 5.96. The number of anilines is 2. The van der Waals surface area contributed by atoms with Crippen molar-refractivity contribution in [2.45, 2.75) is 13.8 Å². The zero-order valence-corrected chi connectivity index (χ0v) is 11.8. The van der Waals surface area contributed by atoms with Crippen LogP contribution in [0.1, 0.15) is 23.0 Å². The molecule has 1 aromatic carbocycles. The average Bonchev–Trinajstić information content (AvgIpc) is 2.79. The molecule has 7 heteroatoms. The van der Waals surface area contributed by atoms with Crippen LogP contribution >= 0.6 is 11.3 Å². The highest BCUT2D eigenvalue weighted by molar-refractivity contribution is 7.13. The first-order chi connectivity index (χ1) is 9.51. The fraction of sp³-hybridized carbons (Fsp3) is 0.231. The summed E-state index contributed by atoms with van der Waals surface area (Å²) in [4.78, 5) is 16.0. The number of aryl methyl sites for hydroxylation is 1. The summed E-state index contributed by atoms with van der Waals surface area (Å²) >= 11 is 1.25. The summed E-state index contributed by atoms with van der Waals surface area (Å²) in [5.41, 5.74) is 0.453. The normalized spacial score (nSPS) is 10.4. The van der Waals surface area contributed by atoms with Gasteiger partial charge in [-0.2, -0.15) is 0 Å². The summed E-state index contributed by atoms with van der Waals surface area (Å²) in [5, 5.41) is 7.23. The summed E-state index contributed by atoms with van der Waals surface area (Å²) in [5.74, 6) is -2.19. The van der Waals surface area contributed by atoms with Crippen molar-refractivity contribution in [3.8, 4) is 0 Å². The minimum atomic E-state index is -0.799. The minimum absolute atomic E-state index is 0.0884. The zero-order valence-electron chi connectivity index (χ0n) is 11.0. The van der Waals surface area contributed by atoms with Gasteiger partial charge < -0.3 is 5.32 Å². The van der Waals surface area contributed by atoms with E-state index in [1.165, 1.54) is 11.3 Å².